The van der Waals surface area contributed by atoms with Crippen LogP contribution in [-0.4, -0.2) is 36.0 Å². The summed E-state index contributed by atoms with van der Waals surface area (Å²) >= 11 is 0. The standard InChI is InChI=1S/C15H20F2N2O/c1-10(2)19(9-12-4-3-7-18-12)15(20)13-8-11(16)5-6-14(13)17/h5-6,8,10,12,18H,3-4,7,9H2,1-2H3. The van der Waals surface area contributed by atoms with Crippen molar-refractivity contribution in [2.75, 3.05) is 13.1 Å². The van der Waals surface area contributed by atoms with E-state index >= 15 is 0 Å². The van der Waals surface area contributed by atoms with Gasteiger partial charge in [0.1, 0.15) is 11.6 Å². The molecule has 1 atom stereocenters. The first-order chi connectivity index (χ1) is 9.49. The van der Waals surface area contributed by atoms with Crippen molar-refractivity contribution in [2.45, 2.75) is 38.8 Å². The lowest BCUT2D eigenvalue weighted by atomic mass is 10.1. The van der Waals surface area contributed by atoms with Gasteiger partial charge in [-0.3, -0.25) is 4.79 Å². The zero-order chi connectivity index (χ0) is 14.7. The number of hydrogen-bond acceptors (Lipinski definition) is 2. The predicted octanol–water partition coefficient (Wildman–Crippen LogP) is 2.57. The molecule has 0 spiro atoms. The van der Waals surface area contributed by atoms with Gasteiger partial charge in [-0.15, -0.1) is 0 Å². The van der Waals surface area contributed by atoms with E-state index < -0.39 is 17.5 Å². The number of halogens is 2. The molecule has 0 aromatic heterocycles. The molecule has 2 rings (SSSR count). The van der Waals surface area contributed by atoms with Crippen molar-refractivity contribution in [3.8, 4) is 0 Å². The molecule has 110 valence electrons. The van der Waals surface area contributed by atoms with E-state index in [1.165, 1.54) is 0 Å². The highest BCUT2D eigenvalue weighted by Crippen LogP contribution is 2.16. The molecule has 1 aliphatic rings. The van der Waals surface area contributed by atoms with E-state index in [1.54, 1.807) is 4.90 Å². The van der Waals surface area contributed by atoms with Crippen molar-refractivity contribution in [1.29, 1.82) is 0 Å². The zero-order valence-corrected chi connectivity index (χ0v) is 11.8. The molecule has 1 fully saturated rings. The number of rotatable bonds is 4. The molecule has 20 heavy (non-hydrogen) atoms. The number of hydrogen-bond donors (Lipinski definition) is 1. The molecule has 1 amide bonds. The molecule has 3 nitrogen and oxygen atoms in total. The van der Waals surface area contributed by atoms with Gasteiger partial charge in [0.15, 0.2) is 0 Å². The molecular weight excluding hydrogens is 262 g/mol. The maximum Gasteiger partial charge on any atom is 0.257 e. The fourth-order valence-corrected chi connectivity index (χ4v) is 2.49. The summed E-state index contributed by atoms with van der Waals surface area (Å²) in [4.78, 5) is 14.0. The minimum atomic E-state index is -0.679. The van der Waals surface area contributed by atoms with Crippen molar-refractivity contribution < 1.29 is 13.6 Å². The number of nitrogens with one attached hydrogen (secondary N) is 1. The van der Waals surface area contributed by atoms with E-state index in [9.17, 15) is 13.6 Å². The van der Waals surface area contributed by atoms with Gasteiger partial charge in [0.05, 0.1) is 5.56 Å². The van der Waals surface area contributed by atoms with Crippen LogP contribution in [0.15, 0.2) is 18.2 Å². The normalized spacial score (nSPS) is 18.6. The molecule has 1 unspecified atom stereocenters. The van der Waals surface area contributed by atoms with Crippen LogP contribution in [0.25, 0.3) is 0 Å². The van der Waals surface area contributed by atoms with Crippen LogP contribution >= 0.6 is 0 Å². The van der Waals surface area contributed by atoms with E-state index in [1.807, 2.05) is 13.8 Å². The highest BCUT2D eigenvalue weighted by Gasteiger charge is 2.26. The Bertz CT molecular complexity index is 485. The molecule has 5 heteroatoms. The Morgan fingerprint density at radius 3 is 2.80 bits per heavy atom. The Morgan fingerprint density at radius 1 is 1.45 bits per heavy atom. The molecule has 1 aliphatic heterocycles. The van der Waals surface area contributed by atoms with Crippen molar-refractivity contribution >= 4 is 5.91 Å². The van der Waals surface area contributed by atoms with Gasteiger partial charge >= 0.3 is 0 Å². The van der Waals surface area contributed by atoms with Crippen molar-refractivity contribution in [2.24, 2.45) is 0 Å². The Labute approximate surface area is 118 Å². The number of carbonyl (C=O) groups is 1. The van der Waals surface area contributed by atoms with Gasteiger partial charge in [-0.1, -0.05) is 0 Å². The van der Waals surface area contributed by atoms with Crippen LogP contribution in [0, 0.1) is 11.6 Å². The van der Waals surface area contributed by atoms with Crippen molar-refractivity contribution in [1.82, 2.24) is 10.2 Å². The molecule has 1 N–H and O–H groups in total. The third-order valence-electron chi connectivity index (χ3n) is 3.62. The Balaban J connectivity index is 2.19. The summed E-state index contributed by atoms with van der Waals surface area (Å²) in [5.41, 5.74) is -0.198. The first kappa shape index (κ1) is 14.9. The lowest BCUT2D eigenvalue weighted by molar-refractivity contribution is 0.0683. The van der Waals surface area contributed by atoms with Crippen LogP contribution in [-0.2, 0) is 0 Å². The Morgan fingerprint density at radius 2 is 2.20 bits per heavy atom. The summed E-state index contributed by atoms with van der Waals surface area (Å²) in [7, 11) is 0. The largest absolute Gasteiger partial charge is 0.335 e. The minimum Gasteiger partial charge on any atom is -0.335 e. The topological polar surface area (TPSA) is 32.3 Å². The van der Waals surface area contributed by atoms with Gasteiger partial charge in [-0.05, 0) is 51.4 Å². The van der Waals surface area contributed by atoms with Crippen LogP contribution in [0.5, 0.6) is 0 Å². The third-order valence-corrected chi connectivity index (χ3v) is 3.62. The number of benzene rings is 1. The molecule has 0 aliphatic carbocycles. The monoisotopic (exact) mass is 282 g/mol. The van der Waals surface area contributed by atoms with Crippen LogP contribution in [0.1, 0.15) is 37.0 Å². The quantitative estimate of drug-likeness (QED) is 0.920. The summed E-state index contributed by atoms with van der Waals surface area (Å²) in [5.74, 6) is -1.73. The number of nitrogens with zero attached hydrogens (tertiary/aromatic N) is 1. The smallest absolute Gasteiger partial charge is 0.257 e. The molecule has 0 saturated carbocycles. The van der Waals surface area contributed by atoms with Gasteiger partial charge < -0.3 is 10.2 Å². The Kier molecular flexibility index (Phi) is 4.70. The average Bonchev–Trinajstić information content (AvgIpc) is 2.90. The second kappa shape index (κ2) is 6.31. The maximum absolute atomic E-state index is 13.7. The highest BCUT2D eigenvalue weighted by molar-refractivity contribution is 5.94. The minimum absolute atomic E-state index is 0.0624. The van der Waals surface area contributed by atoms with Gasteiger partial charge in [-0.25, -0.2) is 8.78 Å². The van der Waals surface area contributed by atoms with Gasteiger partial charge in [0.2, 0.25) is 0 Å². The second-order valence-electron chi connectivity index (χ2n) is 5.47. The second-order valence-corrected chi connectivity index (χ2v) is 5.47. The van der Waals surface area contributed by atoms with E-state index in [-0.39, 0.29) is 17.6 Å². The Hall–Kier alpha value is -1.49. The first-order valence-corrected chi connectivity index (χ1v) is 6.98. The molecule has 1 aromatic carbocycles. The number of amides is 1. The van der Waals surface area contributed by atoms with Crippen LogP contribution < -0.4 is 5.32 Å². The summed E-state index contributed by atoms with van der Waals surface area (Å²) in [5, 5.41) is 3.31. The molecule has 1 heterocycles. The average molecular weight is 282 g/mol. The van der Waals surface area contributed by atoms with Gasteiger partial charge in [0, 0.05) is 18.6 Å². The summed E-state index contributed by atoms with van der Waals surface area (Å²) in [6.07, 6.45) is 2.08. The maximum atomic E-state index is 13.7. The van der Waals surface area contributed by atoms with Gasteiger partial charge in [-0.2, -0.15) is 0 Å². The molecule has 1 saturated heterocycles. The number of carbonyl (C=O) groups excluding carboxylic acids is 1. The molecule has 0 radical (unpaired) electrons. The molecule has 1 aromatic rings. The third kappa shape index (κ3) is 3.33. The van der Waals surface area contributed by atoms with E-state index in [4.69, 9.17) is 0 Å². The lowest BCUT2D eigenvalue weighted by Gasteiger charge is -2.29. The predicted molar refractivity (Wildman–Crippen MR) is 73.6 cm³/mol. The zero-order valence-electron chi connectivity index (χ0n) is 11.8. The summed E-state index contributed by atoms with van der Waals surface area (Å²) in [6, 6.07) is 3.15. The van der Waals surface area contributed by atoms with Crippen LogP contribution in [0.4, 0.5) is 8.78 Å². The molecule has 0 bridgehead atoms. The highest BCUT2D eigenvalue weighted by atomic mass is 19.1. The SMILES string of the molecule is CC(C)N(CC1CCCN1)C(=O)c1cc(F)ccc1F. The fourth-order valence-electron chi connectivity index (χ4n) is 2.49. The first-order valence-electron chi connectivity index (χ1n) is 6.98. The van der Waals surface area contributed by atoms with E-state index in [0.717, 1.165) is 37.6 Å². The summed E-state index contributed by atoms with van der Waals surface area (Å²) in [6.45, 7) is 5.22. The van der Waals surface area contributed by atoms with Crippen molar-refractivity contribution in [3.63, 3.8) is 0 Å². The van der Waals surface area contributed by atoms with E-state index in [2.05, 4.69) is 5.32 Å². The lowest BCUT2D eigenvalue weighted by Crippen LogP contribution is -2.45. The summed E-state index contributed by atoms with van der Waals surface area (Å²) < 4.78 is 27.0. The molecular formula is C15H20F2N2O. The van der Waals surface area contributed by atoms with Crippen LogP contribution in [0.2, 0.25) is 0 Å². The van der Waals surface area contributed by atoms with E-state index in [0.29, 0.717) is 6.54 Å². The van der Waals surface area contributed by atoms with Crippen LogP contribution in [0.3, 0.4) is 0 Å². The van der Waals surface area contributed by atoms with Crippen molar-refractivity contribution in [3.05, 3.63) is 35.4 Å². The fraction of sp³-hybridized carbons (Fsp3) is 0.533. The van der Waals surface area contributed by atoms with Gasteiger partial charge in [0.25, 0.3) is 5.91 Å².